The molecule has 1 amide bonds. The summed E-state index contributed by atoms with van der Waals surface area (Å²) in [6.07, 6.45) is -0.762. The summed E-state index contributed by atoms with van der Waals surface area (Å²) in [5.41, 5.74) is 0.165. The van der Waals surface area contributed by atoms with Crippen LogP contribution >= 0.6 is 15.9 Å². The van der Waals surface area contributed by atoms with Gasteiger partial charge in [0, 0.05) is 18.1 Å². The smallest absolute Gasteiger partial charge is 0.255 e. The number of aromatic hydroxyl groups is 1. The number of aliphatic hydroxyl groups is 1. The van der Waals surface area contributed by atoms with Crippen molar-refractivity contribution in [3.63, 3.8) is 0 Å². The molecule has 0 aliphatic heterocycles. The molecule has 1 atom stereocenters. The first kappa shape index (κ1) is 14.0. The molecular weight excluding hydrogens is 290 g/mol. The molecule has 5 nitrogen and oxygen atoms in total. The Morgan fingerprint density at radius 3 is 2.88 bits per heavy atom. The Balaban J connectivity index is 2.58. The average molecular weight is 304 g/mol. The number of nitrogens with one attached hydrogen (secondary N) is 1. The SMILES string of the molecule is COCC(O)CNC(=O)c1ccc(Br)cc1O. The summed E-state index contributed by atoms with van der Waals surface area (Å²) in [5.74, 6) is -0.553. The summed E-state index contributed by atoms with van der Waals surface area (Å²) in [6, 6.07) is 4.58. The lowest BCUT2D eigenvalue weighted by atomic mass is 10.2. The summed E-state index contributed by atoms with van der Waals surface area (Å²) >= 11 is 3.18. The zero-order valence-electron chi connectivity index (χ0n) is 9.31. The molecule has 0 aliphatic rings. The molecule has 0 bridgehead atoms. The minimum atomic E-state index is -0.762. The number of ether oxygens (including phenoxy) is 1. The standard InChI is InChI=1S/C11H14BrNO4/c1-17-6-8(14)5-13-11(16)9-3-2-7(12)4-10(9)15/h2-4,8,14-15H,5-6H2,1H3,(H,13,16). The number of carbonyl (C=O) groups excluding carboxylic acids is 1. The van der Waals surface area contributed by atoms with E-state index in [1.807, 2.05) is 0 Å². The number of benzene rings is 1. The van der Waals surface area contributed by atoms with Gasteiger partial charge in [-0.25, -0.2) is 0 Å². The molecule has 0 heterocycles. The van der Waals surface area contributed by atoms with E-state index in [0.29, 0.717) is 4.47 Å². The number of hydrogen-bond acceptors (Lipinski definition) is 4. The third-order valence-electron chi connectivity index (χ3n) is 2.06. The summed E-state index contributed by atoms with van der Waals surface area (Å²) in [4.78, 5) is 11.6. The Hall–Kier alpha value is -1.11. The van der Waals surface area contributed by atoms with Crippen molar-refractivity contribution in [1.82, 2.24) is 5.32 Å². The largest absolute Gasteiger partial charge is 0.507 e. The Morgan fingerprint density at radius 1 is 1.59 bits per heavy atom. The van der Waals surface area contributed by atoms with Crippen LogP contribution in [-0.4, -0.2) is 42.5 Å². The highest BCUT2D eigenvalue weighted by atomic mass is 79.9. The molecule has 94 valence electrons. The zero-order valence-corrected chi connectivity index (χ0v) is 10.9. The number of carbonyl (C=O) groups is 1. The van der Waals surface area contributed by atoms with E-state index in [4.69, 9.17) is 4.74 Å². The molecule has 0 aromatic heterocycles. The van der Waals surface area contributed by atoms with E-state index >= 15 is 0 Å². The van der Waals surface area contributed by atoms with Crippen LogP contribution in [0.3, 0.4) is 0 Å². The quantitative estimate of drug-likeness (QED) is 0.755. The molecular formula is C11H14BrNO4. The molecule has 3 N–H and O–H groups in total. The van der Waals surface area contributed by atoms with Crippen LogP contribution in [0, 0.1) is 0 Å². The van der Waals surface area contributed by atoms with Crippen molar-refractivity contribution in [2.45, 2.75) is 6.10 Å². The molecule has 0 spiro atoms. The topological polar surface area (TPSA) is 78.8 Å². The highest BCUT2D eigenvalue weighted by Gasteiger charge is 2.12. The maximum Gasteiger partial charge on any atom is 0.255 e. The molecule has 0 radical (unpaired) electrons. The Labute approximate surface area is 108 Å². The first-order chi connectivity index (χ1) is 8.04. The summed E-state index contributed by atoms with van der Waals surface area (Å²) < 4.78 is 5.41. The van der Waals surface area contributed by atoms with Crippen molar-refractivity contribution in [2.24, 2.45) is 0 Å². The molecule has 0 fully saturated rings. The molecule has 1 aromatic carbocycles. The van der Waals surface area contributed by atoms with Gasteiger partial charge in [-0.2, -0.15) is 0 Å². The number of hydrogen-bond donors (Lipinski definition) is 3. The third-order valence-corrected chi connectivity index (χ3v) is 2.55. The van der Waals surface area contributed by atoms with E-state index in [0.717, 1.165) is 0 Å². The maximum atomic E-state index is 11.6. The fraction of sp³-hybridized carbons (Fsp3) is 0.364. The fourth-order valence-electron chi connectivity index (χ4n) is 1.25. The minimum Gasteiger partial charge on any atom is -0.507 e. The van der Waals surface area contributed by atoms with E-state index in [1.54, 1.807) is 6.07 Å². The zero-order chi connectivity index (χ0) is 12.8. The van der Waals surface area contributed by atoms with Gasteiger partial charge in [-0.15, -0.1) is 0 Å². The van der Waals surface area contributed by atoms with Crippen LogP contribution in [-0.2, 0) is 4.74 Å². The van der Waals surface area contributed by atoms with E-state index in [9.17, 15) is 15.0 Å². The summed E-state index contributed by atoms with van der Waals surface area (Å²) in [7, 11) is 1.46. The number of aliphatic hydroxyl groups excluding tert-OH is 1. The van der Waals surface area contributed by atoms with Gasteiger partial charge in [0.25, 0.3) is 5.91 Å². The van der Waals surface area contributed by atoms with Crippen molar-refractivity contribution in [3.05, 3.63) is 28.2 Å². The molecule has 1 rings (SSSR count). The van der Waals surface area contributed by atoms with Gasteiger partial charge in [-0.3, -0.25) is 4.79 Å². The third kappa shape index (κ3) is 4.33. The first-order valence-corrected chi connectivity index (χ1v) is 5.77. The van der Waals surface area contributed by atoms with Crippen LogP contribution in [0.5, 0.6) is 5.75 Å². The number of amides is 1. The first-order valence-electron chi connectivity index (χ1n) is 4.98. The predicted octanol–water partition coefficient (Wildman–Crippen LogP) is 0.892. The van der Waals surface area contributed by atoms with Crippen molar-refractivity contribution < 1.29 is 19.7 Å². The molecule has 0 saturated carbocycles. The van der Waals surface area contributed by atoms with Crippen LogP contribution in [0.4, 0.5) is 0 Å². The number of methoxy groups -OCH3 is 1. The Kier molecular flexibility index (Phi) is 5.40. The van der Waals surface area contributed by atoms with Crippen LogP contribution < -0.4 is 5.32 Å². The van der Waals surface area contributed by atoms with Gasteiger partial charge in [0.15, 0.2) is 0 Å². The van der Waals surface area contributed by atoms with Gasteiger partial charge in [0.2, 0.25) is 0 Å². The van der Waals surface area contributed by atoms with Gasteiger partial charge in [-0.05, 0) is 18.2 Å². The predicted molar refractivity (Wildman–Crippen MR) is 66.0 cm³/mol. The number of halogens is 1. The van der Waals surface area contributed by atoms with Crippen molar-refractivity contribution in [2.75, 3.05) is 20.3 Å². The normalized spacial score (nSPS) is 12.2. The second kappa shape index (κ2) is 6.58. The van der Waals surface area contributed by atoms with Crippen molar-refractivity contribution in [1.29, 1.82) is 0 Å². The van der Waals surface area contributed by atoms with Crippen LogP contribution in [0.25, 0.3) is 0 Å². The maximum absolute atomic E-state index is 11.6. The average Bonchev–Trinajstić information content (AvgIpc) is 2.26. The highest BCUT2D eigenvalue weighted by molar-refractivity contribution is 9.10. The Bertz CT molecular complexity index is 397. The van der Waals surface area contributed by atoms with E-state index in [1.165, 1.54) is 19.2 Å². The highest BCUT2D eigenvalue weighted by Crippen LogP contribution is 2.21. The summed E-state index contributed by atoms with van der Waals surface area (Å²) in [6.45, 7) is 0.217. The van der Waals surface area contributed by atoms with Gasteiger partial charge >= 0.3 is 0 Å². The Morgan fingerprint density at radius 2 is 2.29 bits per heavy atom. The lowest BCUT2D eigenvalue weighted by Crippen LogP contribution is -2.34. The van der Waals surface area contributed by atoms with Crippen molar-refractivity contribution >= 4 is 21.8 Å². The second-order valence-corrected chi connectivity index (χ2v) is 4.40. The van der Waals surface area contributed by atoms with E-state index < -0.39 is 12.0 Å². The van der Waals surface area contributed by atoms with Crippen LogP contribution in [0.1, 0.15) is 10.4 Å². The van der Waals surface area contributed by atoms with E-state index in [2.05, 4.69) is 21.2 Å². The van der Waals surface area contributed by atoms with Gasteiger partial charge in [-0.1, -0.05) is 15.9 Å². The molecule has 0 aliphatic carbocycles. The molecule has 1 aromatic rings. The van der Waals surface area contributed by atoms with Gasteiger partial charge in [0.1, 0.15) is 5.75 Å². The lowest BCUT2D eigenvalue weighted by molar-refractivity contribution is 0.0609. The summed E-state index contributed by atoms with van der Waals surface area (Å²) in [5, 5.41) is 21.4. The molecule has 1 unspecified atom stereocenters. The minimum absolute atomic E-state index is 0.0716. The second-order valence-electron chi connectivity index (χ2n) is 3.48. The number of phenolic OH excluding ortho intramolecular Hbond substituents is 1. The molecule has 6 heteroatoms. The fourth-order valence-corrected chi connectivity index (χ4v) is 1.60. The molecule has 17 heavy (non-hydrogen) atoms. The van der Waals surface area contributed by atoms with E-state index in [-0.39, 0.29) is 24.5 Å². The van der Waals surface area contributed by atoms with Gasteiger partial charge < -0.3 is 20.3 Å². The lowest BCUT2D eigenvalue weighted by Gasteiger charge is -2.11. The van der Waals surface area contributed by atoms with Crippen LogP contribution in [0.15, 0.2) is 22.7 Å². The number of rotatable bonds is 5. The van der Waals surface area contributed by atoms with Crippen LogP contribution in [0.2, 0.25) is 0 Å². The molecule has 0 saturated heterocycles. The van der Waals surface area contributed by atoms with Gasteiger partial charge in [0.05, 0.1) is 18.3 Å². The van der Waals surface area contributed by atoms with Crippen molar-refractivity contribution in [3.8, 4) is 5.75 Å². The number of phenols is 1. The monoisotopic (exact) mass is 303 g/mol.